The van der Waals surface area contributed by atoms with Crippen molar-refractivity contribution in [3.63, 3.8) is 0 Å². The number of rotatable bonds is 5. The molecule has 0 saturated heterocycles. The second-order valence-corrected chi connectivity index (χ2v) is 7.81. The number of aromatic nitrogens is 3. The van der Waals surface area contributed by atoms with Gasteiger partial charge in [0.1, 0.15) is 5.56 Å². The molecule has 2 heterocycles. The van der Waals surface area contributed by atoms with Crippen LogP contribution >= 0.6 is 0 Å². The molecule has 0 unspecified atom stereocenters. The van der Waals surface area contributed by atoms with Crippen molar-refractivity contribution in [3.05, 3.63) is 82.5 Å². The average molecular weight is 482 g/mol. The van der Waals surface area contributed by atoms with Crippen molar-refractivity contribution in [3.8, 4) is 5.82 Å². The van der Waals surface area contributed by atoms with E-state index in [0.29, 0.717) is 5.52 Å². The molecule has 0 aliphatic rings. The van der Waals surface area contributed by atoms with Crippen LogP contribution in [0.25, 0.3) is 16.7 Å². The summed E-state index contributed by atoms with van der Waals surface area (Å²) < 4.78 is 46.7. The molecule has 0 bridgehead atoms. The zero-order valence-corrected chi connectivity index (χ0v) is 19.1. The first-order chi connectivity index (χ1) is 16.6. The quantitative estimate of drug-likeness (QED) is 0.381. The van der Waals surface area contributed by atoms with E-state index in [9.17, 15) is 22.8 Å². The number of anilines is 1. The average Bonchev–Trinajstić information content (AvgIpc) is 3.23. The standard InChI is InChI=1S/C25H21F3N4O3/c1-4-35-24(34)18-13-29-32(20-12-15(3)16-10-7-8-14(2)21(16)30-20)22(18)31-23(33)17-9-5-6-11-19(17)25(26,27)28/h5-13H,4H2,1-3H3,(H,31,33). The highest BCUT2D eigenvalue weighted by atomic mass is 19.4. The van der Waals surface area contributed by atoms with Gasteiger partial charge in [0.05, 0.1) is 29.4 Å². The van der Waals surface area contributed by atoms with Gasteiger partial charge in [-0.1, -0.05) is 30.3 Å². The first-order valence-electron chi connectivity index (χ1n) is 10.7. The Morgan fingerprint density at radius 3 is 2.49 bits per heavy atom. The molecule has 10 heteroatoms. The Kier molecular flexibility index (Phi) is 6.29. The van der Waals surface area contributed by atoms with Gasteiger partial charge in [-0.25, -0.2) is 9.78 Å². The number of benzene rings is 2. The molecule has 4 rings (SSSR count). The van der Waals surface area contributed by atoms with Gasteiger partial charge in [-0.05, 0) is 50.1 Å². The molecule has 0 atom stereocenters. The van der Waals surface area contributed by atoms with Crippen LogP contribution in [0.15, 0.2) is 54.7 Å². The summed E-state index contributed by atoms with van der Waals surface area (Å²) in [7, 11) is 0. The smallest absolute Gasteiger partial charge is 0.417 e. The number of hydrogen-bond donors (Lipinski definition) is 1. The van der Waals surface area contributed by atoms with Crippen LogP contribution in [0.5, 0.6) is 0 Å². The van der Waals surface area contributed by atoms with Gasteiger partial charge in [0.15, 0.2) is 11.6 Å². The summed E-state index contributed by atoms with van der Waals surface area (Å²) in [5, 5.41) is 7.54. The molecule has 180 valence electrons. The Labute approximate surface area is 198 Å². The summed E-state index contributed by atoms with van der Waals surface area (Å²) in [6, 6.07) is 11.8. The zero-order chi connectivity index (χ0) is 25.3. The van der Waals surface area contributed by atoms with E-state index < -0.39 is 29.2 Å². The van der Waals surface area contributed by atoms with Gasteiger partial charge in [0, 0.05) is 5.39 Å². The molecule has 0 radical (unpaired) electrons. The van der Waals surface area contributed by atoms with E-state index in [0.717, 1.165) is 28.6 Å². The fourth-order valence-corrected chi connectivity index (χ4v) is 3.76. The van der Waals surface area contributed by atoms with E-state index >= 15 is 0 Å². The van der Waals surface area contributed by atoms with Crippen LogP contribution in [0.3, 0.4) is 0 Å². The third-order valence-corrected chi connectivity index (χ3v) is 5.43. The fraction of sp³-hybridized carbons (Fsp3) is 0.200. The summed E-state index contributed by atoms with van der Waals surface area (Å²) >= 11 is 0. The number of alkyl halides is 3. The van der Waals surface area contributed by atoms with E-state index in [1.165, 1.54) is 23.0 Å². The van der Waals surface area contributed by atoms with Crippen molar-refractivity contribution in [2.75, 3.05) is 11.9 Å². The number of fused-ring (bicyclic) bond motifs is 1. The maximum absolute atomic E-state index is 13.5. The minimum Gasteiger partial charge on any atom is -0.462 e. The number of hydrogen-bond acceptors (Lipinski definition) is 5. The zero-order valence-electron chi connectivity index (χ0n) is 19.1. The molecule has 2 aromatic carbocycles. The normalized spacial score (nSPS) is 11.5. The van der Waals surface area contributed by atoms with Crippen molar-refractivity contribution < 1.29 is 27.5 Å². The van der Waals surface area contributed by atoms with Gasteiger partial charge in [0.2, 0.25) is 0 Å². The number of pyridine rings is 1. The minimum atomic E-state index is -4.74. The monoisotopic (exact) mass is 482 g/mol. The Morgan fingerprint density at radius 1 is 1.03 bits per heavy atom. The molecule has 2 aromatic heterocycles. The fourth-order valence-electron chi connectivity index (χ4n) is 3.76. The minimum absolute atomic E-state index is 0.0564. The molecule has 0 aliphatic heterocycles. The van der Waals surface area contributed by atoms with Crippen LogP contribution in [-0.4, -0.2) is 33.2 Å². The first kappa shape index (κ1) is 23.9. The Hall–Kier alpha value is -4.21. The number of aryl methyl sites for hydroxylation is 2. The van der Waals surface area contributed by atoms with Crippen LogP contribution in [0, 0.1) is 13.8 Å². The van der Waals surface area contributed by atoms with Crippen molar-refractivity contribution in [2.24, 2.45) is 0 Å². The molecule has 7 nitrogen and oxygen atoms in total. The molecule has 0 spiro atoms. The highest BCUT2D eigenvalue weighted by molar-refractivity contribution is 6.08. The molecule has 0 fully saturated rings. The number of nitrogens with one attached hydrogen (secondary N) is 1. The predicted molar refractivity (Wildman–Crippen MR) is 124 cm³/mol. The number of carbonyl (C=O) groups excluding carboxylic acids is 2. The van der Waals surface area contributed by atoms with Crippen molar-refractivity contribution in [1.29, 1.82) is 0 Å². The van der Waals surface area contributed by atoms with Gasteiger partial charge in [-0.15, -0.1) is 0 Å². The number of nitrogens with zero attached hydrogens (tertiary/aromatic N) is 3. The van der Waals surface area contributed by atoms with E-state index in [1.54, 1.807) is 13.0 Å². The van der Waals surface area contributed by atoms with Gasteiger partial charge in [-0.3, -0.25) is 4.79 Å². The van der Waals surface area contributed by atoms with Crippen molar-refractivity contribution in [2.45, 2.75) is 26.9 Å². The number of esters is 1. The largest absolute Gasteiger partial charge is 0.462 e. The van der Waals surface area contributed by atoms with Gasteiger partial charge in [-0.2, -0.15) is 23.0 Å². The molecular weight excluding hydrogens is 461 g/mol. The lowest BCUT2D eigenvalue weighted by Crippen LogP contribution is -2.22. The molecule has 35 heavy (non-hydrogen) atoms. The van der Waals surface area contributed by atoms with E-state index in [2.05, 4.69) is 15.4 Å². The maximum Gasteiger partial charge on any atom is 0.417 e. The van der Waals surface area contributed by atoms with Gasteiger partial charge < -0.3 is 10.1 Å². The summed E-state index contributed by atoms with van der Waals surface area (Å²) in [5.74, 6) is -1.71. The summed E-state index contributed by atoms with van der Waals surface area (Å²) in [6.45, 7) is 5.43. The Balaban J connectivity index is 1.86. The van der Waals surface area contributed by atoms with Crippen LogP contribution in [-0.2, 0) is 10.9 Å². The maximum atomic E-state index is 13.5. The Bertz CT molecular complexity index is 1440. The lowest BCUT2D eigenvalue weighted by molar-refractivity contribution is -0.137. The highest BCUT2D eigenvalue weighted by Gasteiger charge is 2.35. The van der Waals surface area contributed by atoms with E-state index in [-0.39, 0.29) is 23.8 Å². The predicted octanol–water partition coefficient (Wildman–Crippen LogP) is 5.49. The number of halogens is 3. The topological polar surface area (TPSA) is 86.1 Å². The van der Waals surface area contributed by atoms with Crippen LogP contribution < -0.4 is 5.32 Å². The third-order valence-electron chi connectivity index (χ3n) is 5.43. The summed E-state index contributed by atoms with van der Waals surface area (Å²) in [4.78, 5) is 30.2. The summed E-state index contributed by atoms with van der Waals surface area (Å²) in [5.41, 5.74) is 0.637. The van der Waals surface area contributed by atoms with Crippen molar-refractivity contribution >= 4 is 28.6 Å². The molecule has 4 aromatic rings. The van der Waals surface area contributed by atoms with E-state index in [1.807, 2.05) is 32.0 Å². The molecule has 1 amide bonds. The molecule has 1 N–H and O–H groups in total. The van der Waals surface area contributed by atoms with Gasteiger partial charge >= 0.3 is 12.1 Å². The van der Waals surface area contributed by atoms with Crippen LogP contribution in [0.2, 0.25) is 0 Å². The number of carbonyl (C=O) groups is 2. The van der Waals surface area contributed by atoms with Crippen LogP contribution in [0.1, 0.15) is 44.3 Å². The Morgan fingerprint density at radius 2 is 1.77 bits per heavy atom. The number of amides is 1. The molecular formula is C25H21F3N4O3. The number of ether oxygens (including phenoxy) is 1. The lowest BCUT2D eigenvalue weighted by Gasteiger charge is -2.15. The third kappa shape index (κ3) is 4.59. The van der Waals surface area contributed by atoms with Crippen molar-refractivity contribution in [1.82, 2.24) is 14.8 Å². The van der Waals surface area contributed by atoms with E-state index in [4.69, 9.17) is 4.74 Å². The van der Waals surface area contributed by atoms with Crippen LogP contribution in [0.4, 0.5) is 19.0 Å². The molecule has 0 aliphatic carbocycles. The second kappa shape index (κ2) is 9.21. The van der Waals surface area contributed by atoms with Gasteiger partial charge in [0.25, 0.3) is 5.91 Å². The number of para-hydroxylation sites is 1. The SMILES string of the molecule is CCOC(=O)c1cnn(-c2cc(C)c3cccc(C)c3n2)c1NC(=O)c1ccccc1C(F)(F)F. The second-order valence-electron chi connectivity index (χ2n) is 7.81. The first-order valence-corrected chi connectivity index (χ1v) is 10.7. The highest BCUT2D eigenvalue weighted by Crippen LogP contribution is 2.33. The molecule has 0 saturated carbocycles. The lowest BCUT2D eigenvalue weighted by atomic mass is 10.1. The summed E-state index contributed by atoms with van der Waals surface area (Å²) in [6.07, 6.45) is -3.56.